The molecule has 0 bridgehead atoms. The van der Waals surface area contributed by atoms with Gasteiger partial charge < -0.3 is 13.8 Å². The predicted molar refractivity (Wildman–Crippen MR) is 63.3 cm³/mol. The van der Waals surface area contributed by atoms with Crippen molar-refractivity contribution in [1.29, 1.82) is 0 Å². The van der Waals surface area contributed by atoms with Crippen molar-refractivity contribution in [3.05, 3.63) is 6.92 Å². The lowest BCUT2D eigenvalue weighted by Crippen LogP contribution is -2.16. The summed E-state index contributed by atoms with van der Waals surface area (Å²) in [4.78, 5) is 0. The summed E-state index contributed by atoms with van der Waals surface area (Å²) in [5.74, 6) is 0. The minimum absolute atomic E-state index is 0.00708. The Bertz CT molecular complexity index is 257. The fraction of sp³-hybridized carbons (Fsp3) is 0.909. The molecular formula is C11H22O4P. The zero-order chi connectivity index (χ0) is 12.4. The summed E-state index contributed by atoms with van der Waals surface area (Å²) in [7, 11) is -3.15. The van der Waals surface area contributed by atoms with Crippen molar-refractivity contribution in [2.75, 3.05) is 6.35 Å². The van der Waals surface area contributed by atoms with E-state index >= 15 is 0 Å². The van der Waals surface area contributed by atoms with E-state index in [1.165, 1.54) is 0 Å². The lowest BCUT2D eigenvalue weighted by atomic mass is 10.4. The summed E-state index contributed by atoms with van der Waals surface area (Å²) in [5, 5.41) is 0. The van der Waals surface area contributed by atoms with Gasteiger partial charge in [0.2, 0.25) is 0 Å². The third-order valence-corrected chi connectivity index (χ3v) is 4.01. The van der Waals surface area contributed by atoms with Crippen LogP contribution >= 0.6 is 7.60 Å². The van der Waals surface area contributed by atoms with Crippen molar-refractivity contribution in [3.8, 4) is 0 Å². The van der Waals surface area contributed by atoms with Crippen LogP contribution < -0.4 is 0 Å². The second kappa shape index (κ2) is 5.18. The normalized spacial score (nSPS) is 19.4. The number of ether oxygens (including phenoxy) is 1. The van der Waals surface area contributed by atoms with Gasteiger partial charge in [0.1, 0.15) is 6.35 Å². The second-order valence-electron chi connectivity index (χ2n) is 4.88. The molecule has 0 saturated heterocycles. The number of hydrogen-bond donors (Lipinski definition) is 0. The standard InChI is InChI=1S/C11H22O4P/c1-9(2)14-16(12,15-10(3)4)8-13-11(5)6-7-11/h9-10H,5-8H2,1-4H3. The topological polar surface area (TPSA) is 44.8 Å². The third-order valence-electron chi connectivity index (χ3n) is 2.08. The van der Waals surface area contributed by atoms with Crippen LogP contribution in [0.4, 0.5) is 0 Å². The highest BCUT2D eigenvalue weighted by atomic mass is 31.2. The second-order valence-corrected chi connectivity index (χ2v) is 6.78. The first-order valence-electron chi connectivity index (χ1n) is 5.70. The highest BCUT2D eigenvalue weighted by molar-refractivity contribution is 7.53. The summed E-state index contributed by atoms with van der Waals surface area (Å²) < 4.78 is 28.5. The molecule has 0 unspecified atom stereocenters. The molecule has 1 aliphatic rings. The highest BCUT2D eigenvalue weighted by Crippen LogP contribution is 2.53. The van der Waals surface area contributed by atoms with Crippen molar-refractivity contribution in [2.45, 2.75) is 58.3 Å². The Morgan fingerprint density at radius 3 is 1.94 bits per heavy atom. The Hall–Kier alpha value is 0.110. The smallest absolute Gasteiger partial charge is 0.356 e. The summed E-state index contributed by atoms with van der Waals surface area (Å²) in [6.07, 6.45) is 1.53. The van der Waals surface area contributed by atoms with Gasteiger partial charge in [-0.25, -0.2) is 0 Å². The van der Waals surface area contributed by atoms with E-state index in [0.29, 0.717) is 0 Å². The van der Waals surface area contributed by atoms with Crippen molar-refractivity contribution in [1.82, 2.24) is 0 Å². The minimum atomic E-state index is -3.15. The lowest BCUT2D eigenvalue weighted by molar-refractivity contribution is 0.0619. The predicted octanol–water partition coefficient (Wildman–Crippen LogP) is 3.37. The van der Waals surface area contributed by atoms with E-state index in [2.05, 4.69) is 6.92 Å². The summed E-state index contributed by atoms with van der Waals surface area (Å²) in [6, 6.07) is 0. The average molecular weight is 249 g/mol. The first-order chi connectivity index (χ1) is 7.25. The molecule has 1 fully saturated rings. The van der Waals surface area contributed by atoms with Crippen LogP contribution in [0.2, 0.25) is 0 Å². The van der Waals surface area contributed by atoms with Crippen molar-refractivity contribution >= 4 is 7.60 Å². The van der Waals surface area contributed by atoms with E-state index in [1.807, 2.05) is 27.7 Å². The maximum Gasteiger partial charge on any atom is 0.356 e. The molecular weight excluding hydrogens is 227 g/mol. The van der Waals surface area contributed by atoms with Crippen LogP contribution in [-0.4, -0.2) is 24.2 Å². The van der Waals surface area contributed by atoms with E-state index in [9.17, 15) is 4.57 Å². The monoisotopic (exact) mass is 249 g/mol. The Kier molecular flexibility index (Phi) is 4.58. The quantitative estimate of drug-likeness (QED) is 0.649. The molecule has 0 aromatic heterocycles. The zero-order valence-electron chi connectivity index (χ0n) is 10.6. The molecule has 0 aromatic carbocycles. The minimum Gasteiger partial charge on any atom is -0.362 e. The SMILES string of the molecule is [CH2]C1(OCP(=O)(OC(C)C)OC(C)C)CC1. The van der Waals surface area contributed by atoms with Crippen LogP contribution in [0.25, 0.3) is 0 Å². The maximum absolute atomic E-state index is 12.3. The molecule has 0 atom stereocenters. The van der Waals surface area contributed by atoms with Gasteiger partial charge in [-0.05, 0) is 47.5 Å². The van der Waals surface area contributed by atoms with Crippen LogP contribution in [0.3, 0.4) is 0 Å². The summed E-state index contributed by atoms with van der Waals surface area (Å²) >= 11 is 0. The zero-order valence-corrected chi connectivity index (χ0v) is 11.5. The number of rotatable bonds is 7. The molecule has 0 aromatic rings. The fourth-order valence-electron chi connectivity index (χ4n) is 1.23. The van der Waals surface area contributed by atoms with Gasteiger partial charge in [-0.2, -0.15) is 0 Å². The van der Waals surface area contributed by atoms with Crippen molar-refractivity contribution < 1.29 is 18.3 Å². The fourth-order valence-corrected chi connectivity index (χ4v) is 3.12. The van der Waals surface area contributed by atoms with Gasteiger partial charge in [0, 0.05) is 0 Å². The molecule has 1 aliphatic carbocycles. The van der Waals surface area contributed by atoms with E-state index < -0.39 is 7.60 Å². The Labute approximate surface area is 98.2 Å². The lowest BCUT2D eigenvalue weighted by Gasteiger charge is -2.24. The van der Waals surface area contributed by atoms with Crippen LogP contribution in [0.5, 0.6) is 0 Å². The Morgan fingerprint density at radius 2 is 1.62 bits per heavy atom. The Balaban J connectivity index is 2.51. The van der Waals surface area contributed by atoms with Gasteiger partial charge >= 0.3 is 7.60 Å². The van der Waals surface area contributed by atoms with E-state index in [1.54, 1.807) is 0 Å². The molecule has 1 radical (unpaired) electrons. The van der Waals surface area contributed by atoms with Gasteiger partial charge in [0.15, 0.2) is 0 Å². The molecule has 1 saturated carbocycles. The van der Waals surface area contributed by atoms with Crippen LogP contribution in [0.1, 0.15) is 40.5 Å². The van der Waals surface area contributed by atoms with E-state index in [0.717, 1.165) is 12.8 Å². The van der Waals surface area contributed by atoms with Gasteiger partial charge in [0.25, 0.3) is 0 Å². The molecule has 0 heterocycles. The molecule has 1 rings (SSSR count). The van der Waals surface area contributed by atoms with Crippen molar-refractivity contribution in [3.63, 3.8) is 0 Å². The van der Waals surface area contributed by atoms with Gasteiger partial charge in [0.05, 0.1) is 17.8 Å². The van der Waals surface area contributed by atoms with E-state index in [-0.39, 0.29) is 24.2 Å². The van der Waals surface area contributed by atoms with Crippen LogP contribution in [-0.2, 0) is 18.3 Å². The largest absolute Gasteiger partial charge is 0.362 e. The molecule has 4 nitrogen and oxygen atoms in total. The molecule has 16 heavy (non-hydrogen) atoms. The summed E-state index contributed by atoms with van der Waals surface area (Å²) in [5.41, 5.74) is -0.351. The molecule has 0 N–H and O–H groups in total. The van der Waals surface area contributed by atoms with Crippen LogP contribution in [0, 0.1) is 6.92 Å². The highest BCUT2D eigenvalue weighted by Gasteiger charge is 2.41. The first-order valence-corrected chi connectivity index (χ1v) is 7.43. The first kappa shape index (κ1) is 14.2. The molecule has 0 spiro atoms. The number of hydrogen-bond acceptors (Lipinski definition) is 4. The van der Waals surface area contributed by atoms with Gasteiger partial charge in [-0.1, -0.05) is 0 Å². The Morgan fingerprint density at radius 1 is 1.19 bits per heavy atom. The maximum atomic E-state index is 12.3. The van der Waals surface area contributed by atoms with Crippen LogP contribution in [0.15, 0.2) is 0 Å². The molecule has 0 amide bonds. The molecule has 0 aliphatic heterocycles. The van der Waals surface area contributed by atoms with Crippen molar-refractivity contribution in [2.24, 2.45) is 0 Å². The van der Waals surface area contributed by atoms with E-state index in [4.69, 9.17) is 13.8 Å². The molecule has 95 valence electrons. The summed E-state index contributed by atoms with van der Waals surface area (Å²) in [6.45, 7) is 11.2. The third kappa shape index (κ3) is 4.96. The average Bonchev–Trinajstić information content (AvgIpc) is 2.79. The van der Waals surface area contributed by atoms with Gasteiger partial charge in [-0.3, -0.25) is 4.57 Å². The van der Waals surface area contributed by atoms with Gasteiger partial charge in [-0.15, -0.1) is 0 Å². The molecule has 5 heteroatoms.